The number of ketones is 2. The summed E-state index contributed by atoms with van der Waals surface area (Å²) in [6, 6.07) is 12.5. The largest absolute Gasteiger partial charge is 0.497 e. The third-order valence-corrected chi connectivity index (χ3v) is 4.98. The van der Waals surface area contributed by atoms with Crippen molar-refractivity contribution in [3.8, 4) is 11.5 Å². The van der Waals surface area contributed by atoms with Crippen molar-refractivity contribution in [2.75, 3.05) is 7.11 Å². The van der Waals surface area contributed by atoms with Gasteiger partial charge in [-0.15, -0.1) is 6.58 Å². The van der Waals surface area contributed by atoms with Crippen LogP contribution < -0.4 is 9.47 Å². The molecule has 2 aromatic rings. The first-order valence-electron chi connectivity index (χ1n) is 8.04. The van der Waals surface area contributed by atoms with Crippen LogP contribution in [0.3, 0.4) is 0 Å². The Bertz CT molecular complexity index is 910. The minimum atomic E-state index is -0.216. The van der Waals surface area contributed by atoms with Gasteiger partial charge in [0.1, 0.15) is 18.1 Å². The van der Waals surface area contributed by atoms with Gasteiger partial charge in [0.2, 0.25) is 5.78 Å². The molecule has 0 saturated heterocycles. The zero-order valence-corrected chi connectivity index (χ0v) is 15.8. The van der Waals surface area contributed by atoms with Crippen LogP contribution >= 0.6 is 15.9 Å². The molecule has 0 N–H and O–H groups in total. The molecule has 5 heteroatoms. The Hall–Kier alpha value is -2.66. The molecule has 0 aromatic heterocycles. The molecule has 0 radical (unpaired) electrons. The first kappa shape index (κ1) is 18.1. The zero-order chi connectivity index (χ0) is 18.7. The van der Waals surface area contributed by atoms with Crippen LogP contribution in [0.25, 0.3) is 0 Å². The highest BCUT2D eigenvalue weighted by Gasteiger charge is 2.32. The van der Waals surface area contributed by atoms with Crippen molar-refractivity contribution in [2.24, 2.45) is 0 Å². The number of methoxy groups -OCH3 is 1. The van der Waals surface area contributed by atoms with E-state index in [4.69, 9.17) is 9.47 Å². The van der Waals surface area contributed by atoms with E-state index in [1.165, 1.54) is 0 Å². The van der Waals surface area contributed by atoms with Crippen molar-refractivity contribution >= 4 is 27.5 Å². The van der Waals surface area contributed by atoms with Crippen LogP contribution in [0, 0.1) is 0 Å². The number of fused-ring (bicyclic) bond motifs is 1. The molecule has 0 heterocycles. The molecular formula is C21H17BrO4. The Morgan fingerprint density at radius 1 is 1.08 bits per heavy atom. The lowest BCUT2D eigenvalue weighted by Gasteiger charge is -2.20. The van der Waals surface area contributed by atoms with Crippen LogP contribution in [0.2, 0.25) is 0 Å². The zero-order valence-electron chi connectivity index (χ0n) is 14.3. The highest BCUT2D eigenvalue weighted by molar-refractivity contribution is 9.12. The molecule has 1 aliphatic rings. The third-order valence-electron chi connectivity index (χ3n) is 4.14. The van der Waals surface area contributed by atoms with Crippen molar-refractivity contribution in [2.45, 2.75) is 13.0 Å². The van der Waals surface area contributed by atoms with Crippen LogP contribution in [0.15, 0.2) is 65.2 Å². The Labute approximate surface area is 160 Å². The van der Waals surface area contributed by atoms with E-state index in [0.717, 1.165) is 11.3 Å². The van der Waals surface area contributed by atoms with Gasteiger partial charge in [-0.05, 0) is 52.2 Å². The second-order valence-electron chi connectivity index (χ2n) is 5.76. The summed E-state index contributed by atoms with van der Waals surface area (Å²) in [5.41, 5.74) is 1.99. The fourth-order valence-corrected chi connectivity index (χ4v) is 3.35. The number of benzene rings is 2. The molecule has 0 spiro atoms. The molecule has 2 aromatic carbocycles. The Balaban J connectivity index is 1.91. The molecule has 26 heavy (non-hydrogen) atoms. The van der Waals surface area contributed by atoms with Crippen molar-refractivity contribution < 1.29 is 19.1 Å². The molecule has 132 valence electrons. The minimum Gasteiger partial charge on any atom is -0.497 e. The van der Waals surface area contributed by atoms with E-state index in [1.807, 2.05) is 24.3 Å². The van der Waals surface area contributed by atoms with Gasteiger partial charge in [-0.25, -0.2) is 0 Å². The maximum Gasteiger partial charge on any atom is 0.201 e. The maximum absolute atomic E-state index is 12.9. The van der Waals surface area contributed by atoms with E-state index in [2.05, 4.69) is 22.5 Å². The summed E-state index contributed by atoms with van der Waals surface area (Å²) >= 11 is 3.25. The molecule has 0 fully saturated rings. The predicted octanol–water partition coefficient (Wildman–Crippen LogP) is 4.88. The molecule has 0 amide bonds. The lowest BCUT2D eigenvalue weighted by molar-refractivity contribution is 0.0976. The van der Waals surface area contributed by atoms with Crippen LogP contribution in [0.5, 0.6) is 11.5 Å². The Morgan fingerprint density at radius 2 is 1.81 bits per heavy atom. The lowest BCUT2D eigenvalue weighted by atomic mass is 9.87. The summed E-state index contributed by atoms with van der Waals surface area (Å²) in [6.45, 7) is 3.94. The third kappa shape index (κ3) is 3.35. The number of halogens is 1. The van der Waals surface area contributed by atoms with Crippen molar-refractivity contribution in [1.82, 2.24) is 0 Å². The molecular weight excluding hydrogens is 396 g/mol. The van der Waals surface area contributed by atoms with E-state index in [-0.39, 0.29) is 18.2 Å². The molecule has 0 saturated carbocycles. The second-order valence-corrected chi connectivity index (χ2v) is 6.55. The van der Waals surface area contributed by atoms with E-state index in [9.17, 15) is 9.59 Å². The molecule has 4 nitrogen and oxygen atoms in total. The maximum atomic E-state index is 12.9. The number of allylic oxidation sites excluding steroid dienone is 3. The SMILES string of the molecule is C=CCC1=C(Br)C(=O)c2cccc(OCc3ccc(OC)cc3)c2C1=O. The average Bonchev–Trinajstić information content (AvgIpc) is 2.68. The molecule has 0 aliphatic heterocycles. The van der Waals surface area contributed by atoms with E-state index < -0.39 is 0 Å². The number of hydrogen-bond donors (Lipinski definition) is 0. The van der Waals surface area contributed by atoms with E-state index >= 15 is 0 Å². The highest BCUT2D eigenvalue weighted by atomic mass is 79.9. The Kier molecular flexibility index (Phi) is 5.38. The molecule has 3 rings (SSSR count). The summed E-state index contributed by atoms with van der Waals surface area (Å²) < 4.78 is 11.3. The average molecular weight is 413 g/mol. The lowest BCUT2D eigenvalue weighted by Crippen LogP contribution is -2.20. The van der Waals surface area contributed by atoms with E-state index in [0.29, 0.717) is 33.4 Å². The van der Waals surface area contributed by atoms with Gasteiger partial charge in [0.25, 0.3) is 0 Å². The second kappa shape index (κ2) is 7.70. The van der Waals surface area contributed by atoms with Gasteiger partial charge in [0, 0.05) is 11.1 Å². The van der Waals surface area contributed by atoms with E-state index in [1.54, 1.807) is 31.4 Å². The number of ether oxygens (including phenoxy) is 2. The minimum absolute atomic E-state index is 0.211. The van der Waals surface area contributed by atoms with Gasteiger partial charge in [0.15, 0.2) is 5.78 Å². The monoisotopic (exact) mass is 412 g/mol. The fraction of sp³-hybridized carbons (Fsp3) is 0.143. The highest BCUT2D eigenvalue weighted by Crippen LogP contribution is 2.36. The molecule has 0 unspecified atom stereocenters. The number of carbonyl (C=O) groups excluding carboxylic acids is 2. The summed E-state index contributed by atoms with van der Waals surface area (Å²) in [7, 11) is 1.61. The van der Waals surface area contributed by atoms with Crippen molar-refractivity contribution in [3.63, 3.8) is 0 Å². The van der Waals surface area contributed by atoms with Gasteiger partial charge in [0.05, 0.1) is 17.2 Å². The molecule has 0 bridgehead atoms. The molecule has 0 atom stereocenters. The smallest absolute Gasteiger partial charge is 0.201 e. The summed E-state index contributed by atoms with van der Waals surface area (Å²) in [6.07, 6.45) is 1.92. The van der Waals surface area contributed by atoms with Gasteiger partial charge in [-0.2, -0.15) is 0 Å². The van der Waals surface area contributed by atoms with Gasteiger partial charge >= 0.3 is 0 Å². The van der Waals surface area contributed by atoms with Gasteiger partial charge in [-0.1, -0.05) is 24.3 Å². The summed E-state index contributed by atoms with van der Waals surface area (Å²) in [5.74, 6) is 0.733. The van der Waals surface area contributed by atoms with Crippen molar-refractivity contribution in [3.05, 3.63) is 81.9 Å². The first-order chi connectivity index (χ1) is 12.6. The number of Topliss-reactive ketones (excluding diaryl/α,β-unsaturated/α-hetero) is 2. The van der Waals surface area contributed by atoms with Crippen LogP contribution in [0.1, 0.15) is 32.7 Å². The fourth-order valence-electron chi connectivity index (χ4n) is 2.79. The van der Waals surface area contributed by atoms with Gasteiger partial charge in [-0.3, -0.25) is 9.59 Å². The standard InChI is InChI=1S/C21H17BrO4/c1-3-5-16-19(22)21(24)15-6-4-7-17(18(15)20(16)23)26-12-13-8-10-14(25-2)11-9-13/h3-4,6-11H,1,5,12H2,2H3. The Morgan fingerprint density at radius 3 is 2.46 bits per heavy atom. The van der Waals surface area contributed by atoms with Gasteiger partial charge < -0.3 is 9.47 Å². The van der Waals surface area contributed by atoms with Crippen LogP contribution in [0.4, 0.5) is 0 Å². The van der Waals surface area contributed by atoms with Crippen molar-refractivity contribution in [1.29, 1.82) is 0 Å². The quantitative estimate of drug-likeness (QED) is 0.634. The normalized spacial score (nSPS) is 13.5. The van der Waals surface area contributed by atoms with Crippen LogP contribution in [-0.4, -0.2) is 18.7 Å². The predicted molar refractivity (Wildman–Crippen MR) is 103 cm³/mol. The topological polar surface area (TPSA) is 52.6 Å². The van der Waals surface area contributed by atoms with Crippen LogP contribution in [-0.2, 0) is 6.61 Å². The number of rotatable bonds is 6. The number of carbonyl (C=O) groups is 2. The first-order valence-corrected chi connectivity index (χ1v) is 8.83. The molecule has 1 aliphatic carbocycles. The summed E-state index contributed by atoms with van der Waals surface area (Å²) in [5, 5.41) is 0. The number of hydrogen-bond acceptors (Lipinski definition) is 4. The summed E-state index contributed by atoms with van der Waals surface area (Å²) in [4.78, 5) is 25.5.